The van der Waals surface area contributed by atoms with E-state index in [0.717, 1.165) is 28.9 Å². The minimum Gasteiger partial charge on any atom is -0.491 e. The van der Waals surface area contributed by atoms with Crippen molar-refractivity contribution in [2.75, 3.05) is 13.2 Å². The van der Waals surface area contributed by atoms with E-state index in [2.05, 4.69) is 15.3 Å². The van der Waals surface area contributed by atoms with Crippen LogP contribution in [0.5, 0.6) is 5.75 Å². The zero-order valence-electron chi connectivity index (χ0n) is 14.0. The highest BCUT2D eigenvalue weighted by Crippen LogP contribution is 2.29. The van der Waals surface area contributed by atoms with E-state index in [-0.39, 0.29) is 12.1 Å². The van der Waals surface area contributed by atoms with Crippen LogP contribution in [0.25, 0.3) is 11.1 Å². The number of hydrogen-bond donors (Lipinski definition) is 1. The Kier molecular flexibility index (Phi) is 4.93. The van der Waals surface area contributed by atoms with Crippen molar-refractivity contribution in [2.45, 2.75) is 32.9 Å². The van der Waals surface area contributed by atoms with Gasteiger partial charge in [-0.05, 0) is 31.0 Å². The molecule has 3 rings (SSSR count). The summed E-state index contributed by atoms with van der Waals surface area (Å²) in [5, 5.41) is 2.95. The number of fused-ring (bicyclic) bond motifs is 1. The third kappa shape index (κ3) is 3.48. The lowest BCUT2D eigenvalue weighted by atomic mass is 10.0. The van der Waals surface area contributed by atoms with Crippen molar-refractivity contribution in [3.8, 4) is 16.9 Å². The topological polar surface area (TPSA) is 67.4 Å². The minimum absolute atomic E-state index is 0.0118. The van der Waals surface area contributed by atoms with E-state index in [9.17, 15) is 4.79 Å². The fraction of sp³-hybridized carbons (Fsp3) is 0.389. The number of nitrogens with one attached hydrogen (secondary N) is 1. The van der Waals surface area contributed by atoms with Crippen LogP contribution in [-0.2, 0) is 6.54 Å². The first-order valence-electron chi connectivity index (χ1n) is 8.24. The van der Waals surface area contributed by atoms with Gasteiger partial charge in [-0.2, -0.15) is 0 Å². The molecule has 0 saturated heterocycles. The largest absolute Gasteiger partial charge is 0.491 e. The number of rotatable bonds is 3. The predicted molar refractivity (Wildman–Crippen MR) is 91.7 cm³/mol. The zero-order valence-corrected chi connectivity index (χ0v) is 14.0. The number of amides is 2. The van der Waals surface area contributed by atoms with Gasteiger partial charge in [0.05, 0.1) is 12.6 Å². The van der Waals surface area contributed by atoms with Crippen molar-refractivity contribution >= 4 is 6.03 Å². The van der Waals surface area contributed by atoms with Crippen LogP contribution in [0.4, 0.5) is 4.79 Å². The SMILES string of the molecule is CCCNC(=O)N1Cc2cc(-c3cncnc3)ccc2OC[C@H]1C. The molecule has 1 aliphatic rings. The zero-order chi connectivity index (χ0) is 16.9. The summed E-state index contributed by atoms with van der Waals surface area (Å²) in [5.41, 5.74) is 2.95. The fourth-order valence-electron chi connectivity index (χ4n) is 2.72. The Morgan fingerprint density at radius 3 is 2.88 bits per heavy atom. The van der Waals surface area contributed by atoms with Gasteiger partial charge in [0.25, 0.3) is 0 Å². The molecule has 0 aliphatic carbocycles. The summed E-state index contributed by atoms with van der Waals surface area (Å²) >= 11 is 0. The highest BCUT2D eigenvalue weighted by molar-refractivity contribution is 5.75. The molecule has 2 aromatic rings. The lowest BCUT2D eigenvalue weighted by Crippen LogP contribution is -2.45. The van der Waals surface area contributed by atoms with E-state index >= 15 is 0 Å². The molecule has 2 amide bonds. The standard InChI is InChI=1S/C18H22N4O2/c1-3-6-21-18(23)22-10-15-7-14(16-8-19-12-20-9-16)4-5-17(15)24-11-13(22)2/h4-5,7-9,12-13H,3,6,10-11H2,1-2H3,(H,21,23)/t13-/m1/s1. The molecule has 0 saturated carbocycles. The van der Waals surface area contributed by atoms with Crippen LogP contribution >= 0.6 is 0 Å². The van der Waals surface area contributed by atoms with Crippen LogP contribution in [0.15, 0.2) is 36.9 Å². The molecular weight excluding hydrogens is 304 g/mol. The van der Waals surface area contributed by atoms with Gasteiger partial charge >= 0.3 is 6.03 Å². The van der Waals surface area contributed by atoms with Gasteiger partial charge < -0.3 is 15.0 Å². The third-order valence-electron chi connectivity index (χ3n) is 4.09. The Morgan fingerprint density at radius 2 is 2.12 bits per heavy atom. The van der Waals surface area contributed by atoms with Gasteiger partial charge in [0.1, 0.15) is 18.7 Å². The molecule has 6 heteroatoms. The predicted octanol–water partition coefficient (Wildman–Crippen LogP) is 2.85. The quantitative estimate of drug-likeness (QED) is 0.942. The normalized spacial score (nSPS) is 16.8. The van der Waals surface area contributed by atoms with Gasteiger partial charge in [-0.25, -0.2) is 14.8 Å². The van der Waals surface area contributed by atoms with Crippen molar-refractivity contribution in [1.29, 1.82) is 0 Å². The molecule has 0 radical (unpaired) electrons. The number of hydrogen-bond acceptors (Lipinski definition) is 4. The van der Waals surface area contributed by atoms with Crippen LogP contribution in [0.3, 0.4) is 0 Å². The van der Waals surface area contributed by atoms with Crippen molar-refractivity contribution < 1.29 is 9.53 Å². The van der Waals surface area contributed by atoms with Crippen LogP contribution in [0, 0.1) is 0 Å². The highest BCUT2D eigenvalue weighted by atomic mass is 16.5. The maximum absolute atomic E-state index is 12.4. The monoisotopic (exact) mass is 326 g/mol. The number of carbonyl (C=O) groups is 1. The Balaban J connectivity index is 1.87. The Hall–Kier alpha value is -2.63. The summed E-state index contributed by atoms with van der Waals surface area (Å²) in [5.74, 6) is 0.827. The number of carbonyl (C=O) groups excluding carboxylic acids is 1. The molecule has 0 fully saturated rings. The van der Waals surface area contributed by atoms with Gasteiger partial charge in [-0.1, -0.05) is 13.0 Å². The van der Waals surface area contributed by atoms with Gasteiger partial charge in [0.15, 0.2) is 0 Å². The molecule has 126 valence electrons. The summed E-state index contributed by atoms with van der Waals surface area (Å²) in [6.45, 7) is 5.73. The van der Waals surface area contributed by atoms with E-state index in [4.69, 9.17) is 4.74 Å². The maximum Gasteiger partial charge on any atom is 0.318 e. The summed E-state index contributed by atoms with van der Waals surface area (Å²) < 4.78 is 5.88. The lowest BCUT2D eigenvalue weighted by Gasteiger charge is -2.26. The van der Waals surface area contributed by atoms with Crippen LogP contribution < -0.4 is 10.1 Å². The maximum atomic E-state index is 12.4. The number of nitrogens with zero attached hydrogens (tertiary/aromatic N) is 3. The second-order valence-electron chi connectivity index (χ2n) is 5.97. The first-order valence-corrected chi connectivity index (χ1v) is 8.24. The van der Waals surface area contributed by atoms with E-state index in [0.29, 0.717) is 19.7 Å². The molecule has 1 aliphatic heterocycles. The lowest BCUT2D eigenvalue weighted by molar-refractivity contribution is 0.157. The number of benzene rings is 1. The van der Waals surface area contributed by atoms with E-state index in [1.165, 1.54) is 6.33 Å². The van der Waals surface area contributed by atoms with E-state index in [1.807, 2.05) is 36.9 Å². The van der Waals surface area contributed by atoms with Crippen molar-refractivity contribution in [3.05, 3.63) is 42.5 Å². The van der Waals surface area contributed by atoms with Crippen LogP contribution in [0.1, 0.15) is 25.8 Å². The Bertz CT molecular complexity index is 705. The molecule has 1 atom stereocenters. The van der Waals surface area contributed by atoms with Gasteiger partial charge in [0, 0.05) is 30.1 Å². The van der Waals surface area contributed by atoms with E-state index in [1.54, 1.807) is 12.4 Å². The molecule has 0 spiro atoms. The second-order valence-corrected chi connectivity index (χ2v) is 5.97. The summed E-state index contributed by atoms with van der Waals surface area (Å²) in [4.78, 5) is 22.4. The molecule has 1 aromatic heterocycles. The molecule has 0 bridgehead atoms. The molecule has 1 aromatic carbocycles. The molecule has 6 nitrogen and oxygen atoms in total. The van der Waals surface area contributed by atoms with E-state index < -0.39 is 0 Å². The molecule has 1 N–H and O–H groups in total. The first kappa shape index (κ1) is 16.2. The third-order valence-corrected chi connectivity index (χ3v) is 4.09. The Labute approximate surface area is 141 Å². The summed E-state index contributed by atoms with van der Waals surface area (Å²) in [7, 11) is 0. The number of ether oxygens (including phenoxy) is 1. The molecule has 24 heavy (non-hydrogen) atoms. The molecule has 2 heterocycles. The second kappa shape index (κ2) is 7.29. The Morgan fingerprint density at radius 1 is 1.33 bits per heavy atom. The van der Waals surface area contributed by atoms with Crippen molar-refractivity contribution in [1.82, 2.24) is 20.2 Å². The van der Waals surface area contributed by atoms with Crippen molar-refractivity contribution in [2.24, 2.45) is 0 Å². The molecule has 0 unspecified atom stereocenters. The first-order chi connectivity index (χ1) is 11.7. The smallest absolute Gasteiger partial charge is 0.318 e. The van der Waals surface area contributed by atoms with Crippen LogP contribution in [-0.4, -0.2) is 40.1 Å². The van der Waals surface area contributed by atoms with Gasteiger partial charge in [-0.3, -0.25) is 0 Å². The fourth-order valence-corrected chi connectivity index (χ4v) is 2.72. The van der Waals surface area contributed by atoms with Gasteiger partial charge in [0.2, 0.25) is 0 Å². The summed E-state index contributed by atoms with van der Waals surface area (Å²) in [6.07, 6.45) is 5.98. The highest BCUT2D eigenvalue weighted by Gasteiger charge is 2.25. The van der Waals surface area contributed by atoms with Crippen LogP contribution in [0.2, 0.25) is 0 Å². The van der Waals surface area contributed by atoms with Crippen molar-refractivity contribution in [3.63, 3.8) is 0 Å². The van der Waals surface area contributed by atoms with Gasteiger partial charge in [-0.15, -0.1) is 0 Å². The molecular formula is C18H22N4O2. The average Bonchev–Trinajstić information content (AvgIpc) is 2.79. The average molecular weight is 326 g/mol. The summed E-state index contributed by atoms with van der Waals surface area (Å²) in [6, 6.07) is 5.96. The number of aromatic nitrogens is 2. The number of urea groups is 1. The minimum atomic E-state index is -0.0470.